The van der Waals surface area contributed by atoms with Gasteiger partial charge in [0.05, 0.1) is 12.8 Å². The number of hydrogen-bond donors (Lipinski definition) is 1. The summed E-state index contributed by atoms with van der Waals surface area (Å²) in [5.41, 5.74) is 0.849. The lowest BCUT2D eigenvalue weighted by Gasteiger charge is -2.10. The molecule has 1 N–H and O–H groups in total. The highest BCUT2D eigenvalue weighted by atomic mass is 19.3. The summed E-state index contributed by atoms with van der Waals surface area (Å²) in [6.45, 7) is -3.36. The third-order valence-corrected chi connectivity index (χ3v) is 3.06. The first-order valence-corrected chi connectivity index (χ1v) is 7.14. The van der Waals surface area contributed by atoms with Gasteiger partial charge >= 0.3 is 12.6 Å². The van der Waals surface area contributed by atoms with Gasteiger partial charge in [0.1, 0.15) is 0 Å². The van der Waals surface area contributed by atoms with Crippen LogP contribution in [0.1, 0.15) is 16.1 Å². The Bertz CT molecular complexity index is 756. The molecule has 0 unspecified atom stereocenters. The molecule has 0 aliphatic carbocycles. The molecule has 1 heterocycles. The number of alkyl halides is 2. The lowest BCUT2D eigenvalue weighted by atomic mass is 10.2. The largest absolute Gasteiger partial charge is 0.493 e. The Morgan fingerprint density at radius 2 is 2.04 bits per heavy atom. The maximum Gasteiger partial charge on any atom is 0.387 e. The van der Waals surface area contributed by atoms with Gasteiger partial charge in [0.15, 0.2) is 18.1 Å². The van der Waals surface area contributed by atoms with E-state index in [9.17, 15) is 18.4 Å². The van der Waals surface area contributed by atoms with Crippen LogP contribution in [0, 0.1) is 0 Å². The maximum absolute atomic E-state index is 12.3. The van der Waals surface area contributed by atoms with Crippen molar-refractivity contribution in [1.82, 2.24) is 4.98 Å². The second-order valence-corrected chi connectivity index (χ2v) is 4.74. The average molecular weight is 351 g/mol. The summed E-state index contributed by atoms with van der Waals surface area (Å²) in [7, 11) is 1.31. The summed E-state index contributed by atoms with van der Waals surface area (Å²) in [6, 6.07) is 7.41. The quantitative estimate of drug-likeness (QED) is 0.449. The van der Waals surface area contributed by atoms with Crippen LogP contribution in [-0.2, 0) is 9.53 Å². The maximum atomic E-state index is 12.3. The number of carbonyl (C=O) groups excluding carboxylic acids is 2. The third kappa shape index (κ3) is 5.45. The molecule has 0 bridgehead atoms. The first kappa shape index (κ1) is 18.2. The Kier molecular flexibility index (Phi) is 6.27. The molecule has 0 aliphatic rings. The molecule has 0 saturated carbocycles. The summed E-state index contributed by atoms with van der Waals surface area (Å²) in [5.74, 6) is -1.10. The number of esters is 1. The Morgan fingerprint density at radius 3 is 2.68 bits per heavy atom. The van der Waals surface area contributed by atoms with E-state index >= 15 is 0 Å². The van der Waals surface area contributed by atoms with Gasteiger partial charge in [-0.2, -0.15) is 8.78 Å². The Hall–Kier alpha value is -3.16. The van der Waals surface area contributed by atoms with Crippen LogP contribution >= 0.6 is 0 Å². The van der Waals surface area contributed by atoms with E-state index in [-0.39, 0.29) is 17.3 Å². The van der Waals surface area contributed by atoms with Crippen LogP contribution < -0.4 is 9.47 Å². The normalized spacial score (nSPS) is 10.9. The number of halogens is 2. The molecule has 0 spiro atoms. The van der Waals surface area contributed by atoms with Crippen molar-refractivity contribution in [2.45, 2.75) is 6.61 Å². The zero-order valence-electron chi connectivity index (χ0n) is 13.2. The number of benzene rings is 1. The molecule has 0 aliphatic heterocycles. The van der Waals surface area contributed by atoms with E-state index in [2.05, 4.69) is 9.72 Å². The molecule has 25 heavy (non-hydrogen) atoms. The minimum atomic E-state index is -2.97. The monoisotopic (exact) mass is 351 g/mol. The van der Waals surface area contributed by atoms with E-state index in [1.54, 1.807) is 18.3 Å². The summed E-state index contributed by atoms with van der Waals surface area (Å²) in [4.78, 5) is 26.0. The number of Topliss-reactive ketones (excluding diaryl/α,β-unsaturated/α-hetero) is 1. The molecule has 1 aromatic heterocycles. The zero-order chi connectivity index (χ0) is 18.2. The lowest BCUT2D eigenvalue weighted by Crippen LogP contribution is -2.12. The number of aromatic amines is 1. The van der Waals surface area contributed by atoms with Crippen molar-refractivity contribution in [3.63, 3.8) is 0 Å². The minimum absolute atomic E-state index is 0.0951. The fourth-order valence-electron chi connectivity index (χ4n) is 1.91. The summed E-state index contributed by atoms with van der Waals surface area (Å²) < 4.78 is 38.6. The number of hydrogen-bond acceptors (Lipinski definition) is 5. The van der Waals surface area contributed by atoms with E-state index in [0.29, 0.717) is 11.3 Å². The topological polar surface area (TPSA) is 77.6 Å². The second kappa shape index (κ2) is 8.62. The Balaban J connectivity index is 1.94. The number of aromatic nitrogens is 1. The Morgan fingerprint density at radius 1 is 1.24 bits per heavy atom. The molecule has 0 radical (unpaired) electrons. The highest BCUT2D eigenvalue weighted by Crippen LogP contribution is 2.29. The van der Waals surface area contributed by atoms with Crippen LogP contribution in [0.25, 0.3) is 6.08 Å². The van der Waals surface area contributed by atoms with Crippen molar-refractivity contribution >= 4 is 17.8 Å². The molecule has 1 aromatic carbocycles. The molecule has 6 nitrogen and oxygen atoms in total. The second-order valence-electron chi connectivity index (χ2n) is 4.74. The third-order valence-electron chi connectivity index (χ3n) is 3.06. The number of rotatable bonds is 8. The number of ketones is 1. The number of carbonyl (C=O) groups is 2. The molecule has 132 valence electrons. The molecule has 0 atom stereocenters. The van der Waals surface area contributed by atoms with Crippen LogP contribution in [0.2, 0.25) is 0 Å². The van der Waals surface area contributed by atoms with Crippen molar-refractivity contribution < 1.29 is 32.6 Å². The Labute approximate surface area is 142 Å². The predicted molar refractivity (Wildman–Crippen MR) is 84.7 cm³/mol. The number of methoxy groups -OCH3 is 1. The fraction of sp³-hybridized carbons (Fsp3) is 0.176. The van der Waals surface area contributed by atoms with Crippen molar-refractivity contribution in [2.75, 3.05) is 13.7 Å². The molecule has 2 rings (SSSR count). The summed E-state index contributed by atoms with van der Waals surface area (Å²) in [5, 5.41) is 0. The van der Waals surface area contributed by atoms with Gasteiger partial charge in [-0.25, -0.2) is 4.79 Å². The van der Waals surface area contributed by atoms with Gasteiger partial charge in [-0.1, -0.05) is 6.07 Å². The van der Waals surface area contributed by atoms with Gasteiger partial charge in [-0.05, 0) is 35.9 Å². The molecule has 0 amide bonds. The molecule has 8 heteroatoms. The number of ether oxygens (including phenoxy) is 3. The smallest absolute Gasteiger partial charge is 0.387 e. The fourth-order valence-corrected chi connectivity index (χ4v) is 1.91. The van der Waals surface area contributed by atoms with E-state index in [1.165, 1.54) is 31.4 Å². The van der Waals surface area contributed by atoms with E-state index in [4.69, 9.17) is 9.47 Å². The van der Waals surface area contributed by atoms with Gasteiger partial charge < -0.3 is 19.2 Å². The lowest BCUT2D eigenvalue weighted by molar-refractivity contribution is -0.136. The highest BCUT2D eigenvalue weighted by molar-refractivity contribution is 5.97. The summed E-state index contributed by atoms with van der Waals surface area (Å²) in [6.07, 6.45) is 4.10. The van der Waals surface area contributed by atoms with E-state index in [0.717, 1.165) is 6.08 Å². The first-order chi connectivity index (χ1) is 12.0. The molecular formula is C17H15F2NO5. The predicted octanol–water partition coefficient (Wildman–Crippen LogP) is 3.06. The molecule has 2 aromatic rings. The van der Waals surface area contributed by atoms with Crippen molar-refractivity contribution in [2.24, 2.45) is 0 Å². The zero-order valence-corrected chi connectivity index (χ0v) is 13.2. The number of H-pyrrole nitrogens is 1. The van der Waals surface area contributed by atoms with Crippen LogP contribution in [0.3, 0.4) is 0 Å². The van der Waals surface area contributed by atoms with Crippen LogP contribution in [0.15, 0.2) is 42.6 Å². The van der Waals surface area contributed by atoms with Crippen molar-refractivity contribution in [1.29, 1.82) is 0 Å². The van der Waals surface area contributed by atoms with Gasteiger partial charge in [0, 0.05) is 12.3 Å². The van der Waals surface area contributed by atoms with Crippen LogP contribution in [0.5, 0.6) is 11.5 Å². The van der Waals surface area contributed by atoms with Gasteiger partial charge in [0.2, 0.25) is 5.78 Å². The van der Waals surface area contributed by atoms with Gasteiger partial charge in [-0.15, -0.1) is 0 Å². The summed E-state index contributed by atoms with van der Waals surface area (Å²) >= 11 is 0. The number of nitrogens with one attached hydrogen (secondary N) is 1. The van der Waals surface area contributed by atoms with Crippen LogP contribution in [0.4, 0.5) is 8.78 Å². The molecular weight excluding hydrogens is 336 g/mol. The molecule has 0 saturated heterocycles. The average Bonchev–Trinajstić information content (AvgIpc) is 3.13. The first-order valence-electron chi connectivity index (χ1n) is 7.14. The minimum Gasteiger partial charge on any atom is -0.493 e. The van der Waals surface area contributed by atoms with E-state index in [1.807, 2.05) is 0 Å². The highest BCUT2D eigenvalue weighted by Gasteiger charge is 2.11. The SMILES string of the molecule is COc1cc(C=CC(=O)OCC(=O)c2ccc[nH]2)ccc1OC(F)F. The molecule has 0 fully saturated rings. The van der Waals surface area contributed by atoms with Gasteiger partial charge in [0.25, 0.3) is 0 Å². The van der Waals surface area contributed by atoms with Gasteiger partial charge in [-0.3, -0.25) is 4.79 Å². The van der Waals surface area contributed by atoms with Crippen LogP contribution in [-0.4, -0.2) is 37.1 Å². The standard InChI is InChI=1S/C17H15F2NO5/c1-23-15-9-11(4-6-14(15)25-17(18)19)5-7-16(22)24-10-13(21)12-3-2-8-20-12/h2-9,17,20H,10H2,1H3. The van der Waals surface area contributed by atoms with Crippen molar-refractivity contribution in [3.05, 3.63) is 53.9 Å². The van der Waals surface area contributed by atoms with E-state index < -0.39 is 19.2 Å². The van der Waals surface area contributed by atoms with Crippen molar-refractivity contribution in [3.8, 4) is 11.5 Å².